The van der Waals surface area contributed by atoms with Crippen molar-refractivity contribution in [2.24, 2.45) is 0 Å². The average Bonchev–Trinajstić information content (AvgIpc) is 3.16. The van der Waals surface area contributed by atoms with E-state index in [9.17, 15) is 4.79 Å². The molecule has 0 spiro atoms. The number of nitrogens with zero attached hydrogens (tertiary/aromatic N) is 2. The summed E-state index contributed by atoms with van der Waals surface area (Å²) < 4.78 is 0. The predicted molar refractivity (Wildman–Crippen MR) is 101 cm³/mol. The van der Waals surface area contributed by atoms with Crippen LogP contribution in [0.2, 0.25) is 0 Å². The molecule has 2 heterocycles. The summed E-state index contributed by atoms with van der Waals surface area (Å²) in [5.74, 6) is 0.0476. The van der Waals surface area contributed by atoms with Gasteiger partial charge in [0.25, 0.3) is 5.91 Å². The molecule has 0 radical (unpaired) electrons. The van der Waals surface area contributed by atoms with Crippen molar-refractivity contribution in [3.8, 4) is 0 Å². The monoisotopic (exact) mass is 343 g/mol. The van der Waals surface area contributed by atoms with Crippen LogP contribution in [0.3, 0.4) is 0 Å². The fourth-order valence-electron chi connectivity index (χ4n) is 3.02. The number of piperazine rings is 1. The summed E-state index contributed by atoms with van der Waals surface area (Å²) in [4.78, 5) is 17.8. The third-order valence-corrected chi connectivity index (χ3v) is 5.36. The summed E-state index contributed by atoms with van der Waals surface area (Å²) in [5.41, 5.74) is 1.31. The van der Waals surface area contributed by atoms with E-state index in [0.717, 1.165) is 44.0 Å². The lowest BCUT2D eigenvalue weighted by Gasteiger charge is -2.36. The van der Waals surface area contributed by atoms with Gasteiger partial charge in [-0.25, -0.2) is 0 Å². The highest BCUT2D eigenvalue weighted by Crippen LogP contribution is 2.15. The van der Waals surface area contributed by atoms with E-state index < -0.39 is 0 Å². The maximum atomic E-state index is 12.0. The van der Waals surface area contributed by atoms with Crippen LogP contribution < -0.4 is 10.2 Å². The van der Waals surface area contributed by atoms with Crippen molar-refractivity contribution in [2.45, 2.75) is 19.4 Å². The Morgan fingerprint density at radius 1 is 1.12 bits per heavy atom. The predicted octanol–water partition coefficient (Wildman–Crippen LogP) is 3.08. The number of anilines is 1. The molecule has 0 saturated carbocycles. The van der Waals surface area contributed by atoms with Crippen LogP contribution in [-0.2, 0) is 0 Å². The molecule has 1 aromatic carbocycles. The van der Waals surface area contributed by atoms with Crippen molar-refractivity contribution in [3.05, 3.63) is 52.7 Å². The minimum atomic E-state index is 0.0476. The van der Waals surface area contributed by atoms with Gasteiger partial charge in [0.15, 0.2) is 0 Å². The van der Waals surface area contributed by atoms with E-state index in [0.29, 0.717) is 0 Å². The second-order valence-electron chi connectivity index (χ2n) is 6.30. The number of nitrogens with one attached hydrogen (secondary N) is 1. The summed E-state index contributed by atoms with van der Waals surface area (Å²) in [6.45, 7) is 7.43. The highest BCUT2D eigenvalue weighted by Gasteiger charge is 2.18. The lowest BCUT2D eigenvalue weighted by molar-refractivity contribution is 0.0939. The second-order valence-corrected chi connectivity index (χ2v) is 7.25. The van der Waals surface area contributed by atoms with Gasteiger partial charge < -0.3 is 10.2 Å². The molecule has 1 atom stereocenters. The van der Waals surface area contributed by atoms with Gasteiger partial charge in [-0.3, -0.25) is 9.69 Å². The lowest BCUT2D eigenvalue weighted by Crippen LogP contribution is -2.47. The molecule has 1 aliphatic rings. The molecule has 1 fully saturated rings. The Balaban J connectivity index is 1.38. The van der Waals surface area contributed by atoms with Gasteiger partial charge in [0.2, 0.25) is 0 Å². The number of rotatable bonds is 6. The molecular weight excluding hydrogens is 318 g/mol. The van der Waals surface area contributed by atoms with Crippen LogP contribution in [0.4, 0.5) is 5.69 Å². The largest absolute Gasteiger partial charge is 0.369 e. The first-order valence-electron chi connectivity index (χ1n) is 8.59. The molecule has 4 nitrogen and oxygen atoms in total. The summed E-state index contributed by atoms with van der Waals surface area (Å²) in [7, 11) is 0. The number of hydrogen-bond acceptors (Lipinski definition) is 4. The molecule has 128 valence electrons. The average molecular weight is 343 g/mol. The number of thiophene rings is 1. The Labute approximate surface area is 148 Å². The van der Waals surface area contributed by atoms with Crippen LogP contribution in [0.15, 0.2) is 47.8 Å². The van der Waals surface area contributed by atoms with Crippen molar-refractivity contribution in [2.75, 3.05) is 37.6 Å². The van der Waals surface area contributed by atoms with Gasteiger partial charge in [0.1, 0.15) is 0 Å². The van der Waals surface area contributed by atoms with E-state index in [1.165, 1.54) is 17.0 Å². The van der Waals surface area contributed by atoms with Gasteiger partial charge in [-0.05, 0) is 36.9 Å². The minimum absolute atomic E-state index is 0.0476. The fourth-order valence-corrected chi connectivity index (χ4v) is 3.65. The van der Waals surface area contributed by atoms with Crippen molar-refractivity contribution in [1.82, 2.24) is 10.2 Å². The minimum Gasteiger partial charge on any atom is -0.369 e. The van der Waals surface area contributed by atoms with Crippen molar-refractivity contribution >= 4 is 22.9 Å². The molecule has 1 amide bonds. The van der Waals surface area contributed by atoms with E-state index in [4.69, 9.17) is 0 Å². The molecule has 1 aromatic heterocycles. The Bertz CT molecular complexity index is 621. The summed E-state index contributed by atoms with van der Waals surface area (Å²) in [6.07, 6.45) is 0.989. The van der Waals surface area contributed by atoms with Crippen molar-refractivity contribution in [3.63, 3.8) is 0 Å². The lowest BCUT2D eigenvalue weighted by atomic mass is 10.2. The Morgan fingerprint density at radius 2 is 1.88 bits per heavy atom. The number of benzene rings is 1. The van der Waals surface area contributed by atoms with Crippen molar-refractivity contribution in [1.29, 1.82) is 0 Å². The van der Waals surface area contributed by atoms with Crippen LogP contribution in [0.5, 0.6) is 0 Å². The second kappa shape index (κ2) is 8.31. The SMILES string of the molecule is CC(CCN1CCN(c2ccccc2)CC1)NC(=O)c1cccs1. The molecule has 0 aliphatic carbocycles. The molecule has 1 unspecified atom stereocenters. The standard InChI is InChI=1S/C19H25N3OS/c1-16(20-19(23)18-8-5-15-24-18)9-10-21-11-13-22(14-12-21)17-6-3-2-4-7-17/h2-8,15-16H,9-14H2,1H3,(H,20,23). The van der Waals surface area contributed by atoms with Gasteiger partial charge in [-0.1, -0.05) is 24.3 Å². The molecule has 2 aromatic rings. The summed E-state index contributed by atoms with van der Waals surface area (Å²) in [5, 5.41) is 5.03. The number of para-hydroxylation sites is 1. The van der Waals surface area contributed by atoms with Crippen LogP contribution in [0, 0.1) is 0 Å². The van der Waals surface area contributed by atoms with E-state index in [1.54, 1.807) is 0 Å². The molecule has 3 rings (SSSR count). The van der Waals surface area contributed by atoms with Gasteiger partial charge in [0.05, 0.1) is 4.88 Å². The van der Waals surface area contributed by atoms with Crippen LogP contribution in [-0.4, -0.2) is 49.6 Å². The number of amides is 1. The normalized spacial score (nSPS) is 16.8. The van der Waals surface area contributed by atoms with Crippen LogP contribution >= 0.6 is 11.3 Å². The first-order chi connectivity index (χ1) is 11.7. The van der Waals surface area contributed by atoms with Gasteiger partial charge in [-0.2, -0.15) is 0 Å². The molecule has 0 bridgehead atoms. The van der Waals surface area contributed by atoms with Gasteiger partial charge in [-0.15, -0.1) is 11.3 Å². The number of carbonyl (C=O) groups excluding carboxylic acids is 1. The zero-order valence-corrected chi connectivity index (χ0v) is 15.0. The van der Waals surface area contributed by atoms with E-state index >= 15 is 0 Å². The summed E-state index contributed by atoms with van der Waals surface area (Å²) in [6, 6.07) is 14.6. The maximum Gasteiger partial charge on any atom is 0.261 e. The first kappa shape index (κ1) is 17.0. The fraction of sp³-hybridized carbons (Fsp3) is 0.421. The Hall–Kier alpha value is -1.85. The maximum absolute atomic E-state index is 12.0. The third kappa shape index (κ3) is 4.58. The highest BCUT2D eigenvalue weighted by atomic mass is 32.1. The quantitative estimate of drug-likeness (QED) is 0.875. The molecule has 5 heteroatoms. The van der Waals surface area contributed by atoms with E-state index in [-0.39, 0.29) is 11.9 Å². The molecule has 1 N–H and O–H groups in total. The topological polar surface area (TPSA) is 35.6 Å². The smallest absolute Gasteiger partial charge is 0.261 e. The first-order valence-corrected chi connectivity index (χ1v) is 9.47. The van der Waals surface area contributed by atoms with E-state index in [1.807, 2.05) is 17.5 Å². The Morgan fingerprint density at radius 3 is 2.54 bits per heavy atom. The van der Waals surface area contributed by atoms with Crippen LogP contribution in [0.1, 0.15) is 23.0 Å². The highest BCUT2D eigenvalue weighted by molar-refractivity contribution is 7.12. The summed E-state index contributed by atoms with van der Waals surface area (Å²) >= 11 is 1.49. The van der Waals surface area contributed by atoms with E-state index in [2.05, 4.69) is 52.4 Å². The number of carbonyl (C=O) groups is 1. The number of hydrogen-bond donors (Lipinski definition) is 1. The van der Waals surface area contributed by atoms with Crippen LogP contribution in [0.25, 0.3) is 0 Å². The zero-order valence-electron chi connectivity index (χ0n) is 14.1. The van der Waals surface area contributed by atoms with Crippen molar-refractivity contribution < 1.29 is 4.79 Å². The van der Waals surface area contributed by atoms with Gasteiger partial charge >= 0.3 is 0 Å². The van der Waals surface area contributed by atoms with Gasteiger partial charge in [0, 0.05) is 44.5 Å². The Kier molecular flexibility index (Phi) is 5.88. The zero-order chi connectivity index (χ0) is 16.8. The molecule has 1 saturated heterocycles. The molecule has 24 heavy (non-hydrogen) atoms. The third-order valence-electron chi connectivity index (χ3n) is 4.49. The molecular formula is C19H25N3OS. The molecule has 1 aliphatic heterocycles.